The van der Waals surface area contributed by atoms with E-state index in [1.54, 1.807) is 12.5 Å². The first-order valence-corrected chi connectivity index (χ1v) is 8.74. The summed E-state index contributed by atoms with van der Waals surface area (Å²) in [6.45, 7) is 10.4. The summed E-state index contributed by atoms with van der Waals surface area (Å²) in [6.07, 6.45) is 3.31. The van der Waals surface area contributed by atoms with Gasteiger partial charge in [-0.2, -0.15) is 5.10 Å². The summed E-state index contributed by atoms with van der Waals surface area (Å²) < 4.78 is 6.70. The van der Waals surface area contributed by atoms with E-state index in [1.807, 2.05) is 37.6 Å². The van der Waals surface area contributed by atoms with Gasteiger partial charge in [0.1, 0.15) is 12.1 Å². The van der Waals surface area contributed by atoms with Crippen molar-refractivity contribution in [3.05, 3.63) is 30.3 Å². The van der Waals surface area contributed by atoms with E-state index in [2.05, 4.69) is 25.4 Å². The number of anilines is 1. The zero-order valence-electron chi connectivity index (χ0n) is 15.1. The number of carbonyl (C=O) groups is 1. The standard InChI is InChI=1S/C17H26N6O2/c1-13(2)23-16(4-6-18-23)19-17(24)14(3)22-9-7-21(8-10-22)12-15-5-11-25-20-15/h4-6,11,13-14H,7-10,12H2,1-3H3,(H,19,24)/t14-/m1/s1. The fourth-order valence-electron chi connectivity index (χ4n) is 3.08. The molecule has 1 fully saturated rings. The van der Waals surface area contributed by atoms with Gasteiger partial charge in [0.25, 0.3) is 0 Å². The number of piperazine rings is 1. The Hall–Kier alpha value is -2.19. The Kier molecular flexibility index (Phi) is 5.50. The summed E-state index contributed by atoms with van der Waals surface area (Å²) >= 11 is 0. The zero-order valence-corrected chi connectivity index (χ0v) is 15.1. The Morgan fingerprint density at radius 3 is 2.64 bits per heavy atom. The highest BCUT2D eigenvalue weighted by Gasteiger charge is 2.26. The quantitative estimate of drug-likeness (QED) is 0.856. The van der Waals surface area contributed by atoms with Crippen molar-refractivity contribution in [3.63, 3.8) is 0 Å². The minimum absolute atomic E-state index is 0.00681. The van der Waals surface area contributed by atoms with E-state index in [0.717, 1.165) is 44.2 Å². The van der Waals surface area contributed by atoms with Gasteiger partial charge in [0, 0.05) is 50.9 Å². The van der Waals surface area contributed by atoms with Gasteiger partial charge >= 0.3 is 0 Å². The molecule has 1 atom stereocenters. The third-order valence-electron chi connectivity index (χ3n) is 4.62. The van der Waals surface area contributed by atoms with Gasteiger partial charge in [-0.25, -0.2) is 4.68 Å². The lowest BCUT2D eigenvalue weighted by molar-refractivity contribution is -0.121. The maximum atomic E-state index is 12.6. The first-order valence-electron chi connectivity index (χ1n) is 8.74. The second kappa shape index (κ2) is 7.79. The molecule has 0 radical (unpaired) electrons. The average Bonchev–Trinajstić information content (AvgIpc) is 3.26. The maximum Gasteiger partial charge on any atom is 0.242 e. The number of hydrogen-bond acceptors (Lipinski definition) is 6. The third kappa shape index (κ3) is 4.26. The molecule has 2 aromatic rings. The highest BCUT2D eigenvalue weighted by atomic mass is 16.5. The van der Waals surface area contributed by atoms with E-state index in [9.17, 15) is 4.79 Å². The number of carbonyl (C=O) groups excluding carboxylic acids is 1. The van der Waals surface area contributed by atoms with Gasteiger partial charge < -0.3 is 9.84 Å². The van der Waals surface area contributed by atoms with E-state index in [0.29, 0.717) is 0 Å². The minimum Gasteiger partial charge on any atom is -0.364 e. The zero-order chi connectivity index (χ0) is 17.8. The van der Waals surface area contributed by atoms with Crippen LogP contribution in [-0.4, -0.2) is 62.9 Å². The Balaban J connectivity index is 1.50. The molecule has 0 aromatic carbocycles. The monoisotopic (exact) mass is 346 g/mol. The SMILES string of the molecule is CC(C)n1nccc1NC(=O)[C@@H](C)N1CCN(Cc2ccon2)CC1. The van der Waals surface area contributed by atoms with Gasteiger partial charge in [0.05, 0.1) is 17.9 Å². The van der Waals surface area contributed by atoms with Crippen LogP contribution in [0.25, 0.3) is 0 Å². The van der Waals surface area contributed by atoms with Crippen LogP contribution in [-0.2, 0) is 11.3 Å². The maximum absolute atomic E-state index is 12.6. The van der Waals surface area contributed by atoms with Crippen molar-refractivity contribution in [1.29, 1.82) is 0 Å². The van der Waals surface area contributed by atoms with Gasteiger partial charge in [-0.3, -0.25) is 14.6 Å². The Bertz CT molecular complexity index is 673. The molecular formula is C17H26N6O2. The van der Waals surface area contributed by atoms with Crippen molar-refractivity contribution < 1.29 is 9.32 Å². The molecule has 3 heterocycles. The molecule has 25 heavy (non-hydrogen) atoms. The number of amides is 1. The topological polar surface area (TPSA) is 79.4 Å². The van der Waals surface area contributed by atoms with Crippen LogP contribution in [0.5, 0.6) is 0 Å². The Labute approximate surface area is 147 Å². The number of rotatable bonds is 6. The molecule has 8 nitrogen and oxygen atoms in total. The highest BCUT2D eigenvalue weighted by molar-refractivity contribution is 5.93. The van der Waals surface area contributed by atoms with Crippen LogP contribution in [0.3, 0.4) is 0 Å². The van der Waals surface area contributed by atoms with Gasteiger partial charge in [-0.1, -0.05) is 5.16 Å². The van der Waals surface area contributed by atoms with Gasteiger partial charge in [-0.05, 0) is 20.8 Å². The van der Waals surface area contributed by atoms with Crippen LogP contribution in [0.4, 0.5) is 5.82 Å². The van der Waals surface area contributed by atoms with Crippen molar-refractivity contribution in [2.24, 2.45) is 0 Å². The van der Waals surface area contributed by atoms with E-state index in [-0.39, 0.29) is 18.0 Å². The highest BCUT2D eigenvalue weighted by Crippen LogP contribution is 2.15. The Morgan fingerprint density at radius 1 is 1.24 bits per heavy atom. The van der Waals surface area contributed by atoms with Crippen LogP contribution in [0, 0.1) is 0 Å². The molecule has 8 heteroatoms. The first kappa shape index (κ1) is 17.6. The molecular weight excluding hydrogens is 320 g/mol. The van der Waals surface area contributed by atoms with E-state index in [1.165, 1.54) is 0 Å². The molecule has 1 N–H and O–H groups in total. The predicted molar refractivity (Wildman–Crippen MR) is 94.1 cm³/mol. The smallest absolute Gasteiger partial charge is 0.242 e. The summed E-state index contributed by atoms with van der Waals surface area (Å²) in [6, 6.07) is 3.76. The van der Waals surface area contributed by atoms with Crippen molar-refractivity contribution in [2.75, 3.05) is 31.5 Å². The molecule has 0 saturated carbocycles. The van der Waals surface area contributed by atoms with E-state index in [4.69, 9.17) is 4.52 Å². The lowest BCUT2D eigenvalue weighted by atomic mass is 10.2. The fraction of sp³-hybridized carbons (Fsp3) is 0.588. The lowest BCUT2D eigenvalue weighted by Crippen LogP contribution is -2.52. The van der Waals surface area contributed by atoms with Crippen molar-refractivity contribution in [3.8, 4) is 0 Å². The molecule has 0 aliphatic carbocycles. The predicted octanol–water partition coefficient (Wildman–Crippen LogP) is 1.60. The summed E-state index contributed by atoms with van der Waals surface area (Å²) in [7, 11) is 0. The van der Waals surface area contributed by atoms with Gasteiger partial charge in [0.15, 0.2) is 0 Å². The van der Waals surface area contributed by atoms with Gasteiger partial charge in [0.2, 0.25) is 5.91 Å². The molecule has 1 amide bonds. The molecule has 1 aliphatic heterocycles. The van der Waals surface area contributed by atoms with E-state index >= 15 is 0 Å². The first-order chi connectivity index (χ1) is 12.0. The normalized spacial score (nSPS) is 17.8. The average molecular weight is 346 g/mol. The van der Waals surface area contributed by atoms with Gasteiger partial charge in [-0.15, -0.1) is 0 Å². The van der Waals surface area contributed by atoms with Crippen LogP contribution in [0.15, 0.2) is 29.1 Å². The summed E-state index contributed by atoms with van der Waals surface area (Å²) in [5.74, 6) is 0.754. The van der Waals surface area contributed by atoms with Crippen LogP contribution >= 0.6 is 0 Å². The summed E-state index contributed by atoms with van der Waals surface area (Å²) in [4.78, 5) is 17.1. The molecule has 2 aromatic heterocycles. The van der Waals surface area contributed by atoms with Crippen LogP contribution < -0.4 is 5.32 Å². The van der Waals surface area contributed by atoms with Crippen molar-refractivity contribution in [2.45, 2.75) is 39.4 Å². The number of hydrogen-bond donors (Lipinski definition) is 1. The minimum atomic E-state index is -0.176. The summed E-state index contributed by atoms with van der Waals surface area (Å²) in [5, 5.41) is 11.2. The van der Waals surface area contributed by atoms with Crippen LogP contribution in [0.2, 0.25) is 0 Å². The molecule has 1 saturated heterocycles. The molecule has 0 unspecified atom stereocenters. The Morgan fingerprint density at radius 2 is 2.00 bits per heavy atom. The van der Waals surface area contributed by atoms with E-state index < -0.39 is 0 Å². The molecule has 136 valence electrons. The largest absolute Gasteiger partial charge is 0.364 e. The molecule has 3 rings (SSSR count). The molecule has 0 bridgehead atoms. The number of nitrogens with zero attached hydrogens (tertiary/aromatic N) is 5. The fourth-order valence-corrected chi connectivity index (χ4v) is 3.08. The number of aromatic nitrogens is 3. The number of nitrogens with one attached hydrogen (secondary N) is 1. The lowest BCUT2D eigenvalue weighted by Gasteiger charge is -2.37. The molecule has 0 spiro atoms. The second-order valence-electron chi connectivity index (χ2n) is 6.72. The second-order valence-corrected chi connectivity index (χ2v) is 6.72. The summed E-state index contributed by atoms with van der Waals surface area (Å²) in [5.41, 5.74) is 0.946. The van der Waals surface area contributed by atoms with Crippen LogP contribution in [0.1, 0.15) is 32.5 Å². The van der Waals surface area contributed by atoms with Crippen molar-refractivity contribution in [1.82, 2.24) is 24.7 Å². The van der Waals surface area contributed by atoms with Crippen molar-refractivity contribution >= 4 is 11.7 Å². The molecule has 1 aliphatic rings. The third-order valence-corrected chi connectivity index (χ3v) is 4.62.